The van der Waals surface area contributed by atoms with Crippen molar-refractivity contribution in [3.05, 3.63) is 63.6 Å². The van der Waals surface area contributed by atoms with Gasteiger partial charge in [0.1, 0.15) is 0 Å². The minimum absolute atomic E-state index is 0.0854. The van der Waals surface area contributed by atoms with Crippen LogP contribution in [0.1, 0.15) is 11.1 Å². The smallest absolute Gasteiger partial charge is 0.234 e. The van der Waals surface area contributed by atoms with Crippen LogP contribution in [0.5, 0.6) is 0 Å². The van der Waals surface area contributed by atoms with Gasteiger partial charge < -0.3 is 5.32 Å². The van der Waals surface area contributed by atoms with Crippen LogP contribution in [-0.2, 0) is 10.5 Å². The number of carbonyl (C=O) groups is 1. The fourth-order valence-electron chi connectivity index (χ4n) is 1.81. The van der Waals surface area contributed by atoms with Gasteiger partial charge in [-0.15, -0.1) is 11.8 Å². The average molecular weight is 340 g/mol. The first-order valence-electron chi connectivity index (χ1n) is 6.43. The van der Waals surface area contributed by atoms with Crippen molar-refractivity contribution in [1.29, 1.82) is 0 Å². The summed E-state index contributed by atoms with van der Waals surface area (Å²) in [6.07, 6.45) is 0. The molecule has 1 N–H and O–H groups in total. The minimum Gasteiger partial charge on any atom is -0.324 e. The Bertz CT molecular complexity index is 646. The van der Waals surface area contributed by atoms with E-state index in [1.54, 1.807) is 30.0 Å². The van der Waals surface area contributed by atoms with Crippen molar-refractivity contribution in [2.45, 2.75) is 12.7 Å². The van der Waals surface area contributed by atoms with E-state index < -0.39 is 0 Å². The predicted molar refractivity (Wildman–Crippen MR) is 92.4 cm³/mol. The third-order valence-electron chi connectivity index (χ3n) is 2.95. The number of benzene rings is 2. The molecule has 5 heteroatoms. The molecular formula is C16H15Cl2NOS. The SMILES string of the molecule is Cc1ccccc1CSCC(=O)Nc1cc(Cl)ccc1Cl. The number of aryl methyl sites for hydroxylation is 1. The quantitative estimate of drug-likeness (QED) is 0.813. The Balaban J connectivity index is 1.85. The van der Waals surface area contributed by atoms with Crippen LogP contribution in [-0.4, -0.2) is 11.7 Å². The van der Waals surface area contributed by atoms with Crippen LogP contribution in [0.25, 0.3) is 0 Å². The van der Waals surface area contributed by atoms with Crippen LogP contribution < -0.4 is 5.32 Å². The second kappa shape index (κ2) is 7.74. The van der Waals surface area contributed by atoms with Crippen LogP contribution >= 0.6 is 35.0 Å². The topological polar surface area (TPSA) is 29.1 Å². The van der Waals surface area contributed by atoms with Crippen molar-refractivity contribution in [1.82, 2.24) is 0 Å². The number of amides is 1. The van der Waals surface area contributed by atoms with Gasteiger partial charge in [0.05, 0.1) is 16.5 Å². The standard InChI is InChI=1S/C16H15Cl2NOS/c1-11-4-2-3-5-12(11)9-21-10-16(20)19-15-8-13(17)6-7-14(15)18/h2-8H,9-10H2,1H3,(H,19,20). The van der Waals surface area contributed by atoms with Crippen LogP contribution in [0.15, 0.2) is 42.5 Å². The highest BCUT2D eigenvalue weighted by Gasteiger charge is 2.07. The van der Waals surface area contributed by atoms with E-state index in [4.69, 9.17) is 23.2 Å². The summed E-state index contributed by atoms with van der Waals surface area (Å²) in [6, 6.07) is 13.2. The van der Waals surface area contributed by atoms with Gasteiger partial charge in [-0.1, -0.05) is 47.5 Å². The Morgan fingerprint density at radius 3 is 2.71 bits per heavy atom. The molecular weight excluding hydrogens is 325 g/mol. The predicted octanol–water partition coefficient (Wildman–Crippen LogP) is 5.17. The van der Waals surface area contributed by atoms with Crippen molar-refractivity contribution in [3.8, 4) is 0 Å². The first-order valence-corrected chi connectivity index (χ1v) is 8.34. The van der Waals surface area contributed by atoms with Crippen LogP contribution in [0.3, 0.4) is 0 Å². The first kappa shape index (κ1) is 16.2. The lowest BCUT2D eigenvalue weighted by Crippen LogP contribution is -2.14. The number of halogens is 2. The highest BCUT2D eigenvalue weighted by Crippen LogP contribution is 2.25. The lowest BCUT2D eigenvalue weighted by Gasteiger charge is -2.08. The zero-order chi connectivity index (χ0) is 15.2. The highest BCUT2D eigenvalue weighted by atomic mass is 35.5. The van der Waals surface area contributed by atoms with E-state index in [-0.39, 0.29) is 5.91 Å². The number of anilines is 1. The fraction of sp³-hybridized carbons (Fsp3) is 0.188. The molecule has 0 aromatic heterocycles. The Morgan fingerprint density at radius 2 is 1.95 bits per heavy atom. The lowest BCUT2D eigenvalue weighted by molar-refractivity contribution is -0.113. The molecule has 110 valence electrons. The molecule has 0 saturated carbocycles. The van der Waals surface area contributed by atoms with Crippen LogP contribution in [0.2, 0.25) is 10.0 Å². The normalized spacial score (nSPS) is 10.4. The molecule has 2 rings (SSSR count). The molecule has 0 bridgehead atoms. The van der Waals surface area contributed by atoms with Gasteiger partial charge in [0.25, 0.3) is 0 Å². The number of hydrogen-bond donors (Lipinski definition) is 1. The van der Waals surface area contributed by atoms with Gasteiger partial charge in [0, 0.05) is 10.8 Å². The number of nitrogens with one attached hydrogen (secondary N) is 1. The van der Waals surface area contributed by atoms with Gasteiger partial charge in [-0.25, -0.2) is 0 Å². The fourth-order valence-corrected chi connectivity index (χ4v) is 3.05. The monoisotopic (exact) mass is 339 g/mol. The van der Waals surface area contributed by atoms with Crippen molar-refractivity contribution >= 4 is 46.6 Å². The van der Waals surface area contributed by atoms with Gasteiger partial charge in [-0.05, 0) is 36.2 Å². The first-order chi connectivity index (χ1) is 10.1. The number of rotatable bonds is 5. The van der Waals surface area contributed by atoms with Crippen molar-refractivity contribution in [2.24, 2.45) is 0 Å². The van der Waals surface area contributed by atoms with Crippen molar-refractivity contribution < 1.29 is 4.79 Å². The summed E-state index contributed by atoms with van der Waals surface area (Å²) in [7, 11) is 0. The van der Waals surface area contributed by atoms with E-state index in [9.17, 15) is 4.79 Å². The molecule has 0 aliphatic carbocycles. The zero-order valence-corrected chi connectivity index (χ0v) is 13.9. The summed E-state index contributed by atoms with van der Waals surface area (Å²) in [5.41, 5.74) is 3.03. The minimum atomic E-state index is -0.0854. The van der Waals surface area contributed by atoms with E-state index in [0.29, 0.717) is 21.5 Å². The molecule has 1 amide bonds. The summed E-state index contributed by atoms with van der Waals surface area (Å²) in [5.74, 6) is 1.10. The molecule has 0 unspecified atom stereocenters. The Kier molecular flexibility index (Phi) is 5.97. The summed E-state index contributed by atoms with van der Waals surface area (Å²) in [6.45, 7) is 2.07. The molecule has 0 atom stereocenters. The zero-order valence-electron chi connectivity index (χ0n) is 11.5. The molecule has 0 fully saturated rings. The molecule has 0 heterocycles. The second-order valence-corrected chi connectivity index (χ2v) is 6.42. The van der Waals surface area contributed by atoms with Gasteiger partial charge in [-0.2, -0.15) is 0 Å². The maximum atomic E-state index is 11.9. The summed E-state index contributed by atoms with van der Waals surface area (Å²) in [5, 5.41) is 3.80. The molecule has 21 heavy (non-hydrogen) atoms. The number of hydrogen-bond acceptors (Lipinski definition) is 2. The molecule has 2 aromatic carbocycles. The van der Waals surface area contributed by atoms with Crippen molar-refractivity contribution in [2.75, 3.05) is 11.1 Å². The van der Waals surface area contributed by atoms with E-state index in [1.807, 2.05) is 12.1 Å². The van der Waals surface area contributed by atoms with E-state index in [1.165, 1.54) is 11.1 Å². The van der Waals surface area contributed by atoms with Gasteiger partial charge in [0.15, 0.2) is 0 Å². The maximum absolute atomic E-state index is 11.9. The third kappa shape index (κ3) is 4.95. The van der Waals surface area contributed by atoms with Gasteiger partial charge >= 0.3 is 0 Å². The molecule has 0 spiro atoms. The molecule has 0 aliphatic rings. The molecule has 2 aromatic rings. The lowest BCUT2D eigenvalue weighted by atomic mass is 10.1. The summed E-state index contributed by atoms with van der Waals surface area (Å²) >= 11 is 13.5. The van der Waals surface area contributed by atoms with E-state index in [2.05, 4.69) is 24.4 Å². The molecule has 0 radical (unpaired) electrons. The second-order valence-electron chi connectivity index (χ2n) is 4.59. The van der Waals surface area contributed by atoms with Gasteiger partial charge in [0.2, 0.25) is 5.91 Å². The Hall–Kier alpha value is -1.16. The van der Waals surface area contributed by atoms with Crippen molar-refractivity contribution in [3.63, 3.8) is 0 Å². The maximum Gasteiger partial charge on any atom is 0.234 e. The number of carbonyl (C=O) groups excluding carboxylic acids is 1. The van der Waals surface area contributed by atoms with E-state index in [0.717, 1.165) is 5.75 Å². The Morgan fingerprint density at radius 1 is 1.19 bits per heavy atom. The Labute approximate surface area is 138 Å². The van der Waals surface area contributed by atoms with Crippen LogP contribution in [0.4, 0.5) is 5.69 Å². The van der Waals surface area contributed by atoms with Gasteiger partial charge in [-0.3, -0.25) is 4.79 Å². The summed E-state index contributed by atoms with van der Waals surface area (Å²) in [4.78, 5) is 11.9. The average Bonchev–Trinajstić information content (AvgIpc) is 2.45. The highest BCUT2D eigenvalue weighted by molar-refractivity contribution is 7.99. The third-order valence-corrected chi connectivity index (χ3v) is 4.50. The largest absolute Gasteiger partial charge is 0.324 e. The van der Waals surface area contributed by atoms with E-state index >= 15 is 0 Å². The summed E-state index contributed by atoms with van der Waals surface area (Å²) < 4.78 is 0. The molecule has 0 aliphatic heterocycles. The number of thioether (sulfide) groups is 1. The molecule has 2 nitrogen and oxygen atoms in total. The van der Waals surface area contributed by atoms with Crippen LogP contribution in [0, 0.1) is 6.92 Å². The molecule has 0 saturated heterocycles.